The van der Waals surface area contributed by atoms with Crippen LogP contribution in [0.15, 0.2) is 0 Å². The van der Waals surface area contributed by atoms with Gasteiger partial charge in [0.05, 0.1) is 12.2 Å². The fraction of sp³-hybridized carbons (Fsp3) is 1.00. The molecule has 1 aliphatic heterocycles. The zero-order chi connectivity index (χ0) is 7.72. The zero-order valence-electron chi connectivity index (χ0n) is 5.51. The van der Waals surface area contributed by atoms with Crippen molar-refractivity contribution in [2.45, 2.75) is 28.6 Å². The predicted octanol–water partition coefficient (Wildman–Crippen LogP) is -3.66. The number of hydrogen-bond acceptors (Lipinski definition) is 4. The Labute approximate surface area is 101 Å². The van der Waals surface area contributed by atoms with Gasteiger partial charge >= 0.3 is 37.7 Å². The molecule has 0 aromatic carbocycles. The van der Waals surface area contributed by atoms with E-state index < -0.39 is 38.5 Å². The second-order valence-electron chi connectivity index (χ2n) is 2.69. The summed E-state index contributed by atoms with van der Waals surface area (Å²) < 4.78 is 0. The van der Waals surface area contributed by atoms with Crippen LogP contribution in [-0.2, 0) is 0 Å². The molecule has 0 aromatic heterocycles. The van der Waals surface area contributed by atoms with Crippen LogP contribution in [0.25, 0.3) is 0 Å². The van der Waals surface area contributed by atoms with Gasteiger partial charge in [-0.1, -0.05) is 5.28 Å². The van der Waals surface area contributed by atoms with Crippen LogP contribution in [0, 0.1) is 0 Å². The first-order chi connectivity index (χ1) is 4.63. The summed E-state index contributed by atoms with van der Waals surface area (Å²) in [6, 6.07) is 0. The average Bonchev–Trinajstić information content (AvgIpc) is 1.93. The second kappa shape index (κ2) is 5.38. The van der Waals surface area contributed by atoms with Crippen LogP contribution in [0.5, 0.6) is 0 Å². The van der Waals surface area contributed by atoms with Gasteiger partial charge in [-0.15, -0.1) is 0 Å². The molecule has 1 rings (SSSR count). The van der Waals surface area contributed by atoms with E-state index in [0.29, 0.717) is 5.28 Å². The third kappa shape index (κ3) is 3.11. The van der Waals surface area contributed by atoms with E-state index in [1.54, 1.807) is 0 Å². The normalized spacial score (nSPS) is 44.0. The minimum atomic E-state index is -1.16. The van der Waals surface area contributed by atoms with E-state index in [-0.39, 0.29) is 37.7 Å². The molecule has 0 saturated carbocycles. The van der Waals surface area contributed by atoms with Gasteiger partial charge in [0.1, 0.15) is 6.10 Å². The Balaban J connectivity index is 0.000001000. The molecule has 4 nitrogen and oxygen atoms in total. The van der Waals surface area contributed by atoms with Gasteiger partial charge in [0.25, 0.3) is 15.2 Å². The quantitative estimate of drug-likeness (QED) is 0.307. The molecular weight excluding hydrogens is 191 g/mol. The zero-order valence-corrected chi connectivity index (χ0v) is 6.93. The predicted molar refractivity (Wildman–Crippen MR) is 44.5 cm³/mol. The Morgan fingerprint density at radius 1 is 1.00 bits per heavy atom. The standard InChI is InChI=1S/C5H10O4.Al.Ca.3H/c1-3(7)5(9)4(8)2-6;;;;;/h2-9H,1H2;;;;;. The molecule has 0 bridgehead atoms. The monoisotopic (exact) mass is 204 g/mol. The van der Waals surface area contributed by atoms with Crippen LogP contribution >= 0.6 is 0 Å². The summed E-state index contributed by atoms with van der Waals surface area (Å²) in [7, 11) is 0. The molecule has 4 unspecified atom stereocenters. The molecule has 1 heterocycles. The number of rotatable bonds is 0. The maximum atomic E-state index is 9.01. The molecule has 11 heavy (non-hydrogen) atoms. The molecule has 0 spiro atoms. The molecular formula is C5H13AlCaO4. The summed E-state index contributed by atoms with van der Waals surface area (Å²) in [5, 5.41) is 36.4. The van der Waals surface area contributed by atoms with E-state index in [9.17, 15) is 0 Å². The van der Waals surface area contributed by atoms with Crippen molar-refractivity contribution in [1.82, 2.24) is 0 Å². The topological polar surface area (TPSA) is 80.9 Å². The van der Waals surface area contributed by atoms with Crippen molar-refractivity contribution >= 4 is 53.0 Å². The van der Waals surface area contributed by atoms with Crippen molar-refractivity contribution < 1.29 is 20.4 Å². The van der Waals surface area contributed by atoms with Gasteiger partial charge in [-0.2, -0.15) is 0 Å². The Kier molecular flexibility index (Phi) is 6.18. The van der Waals surface area contributed by atoms with Crippen LogP contribution in [0.4, 0.5) is 0 Å². The van der Waals surface area contributed by atoms with Crippen molar-refractivity contribution in [3.63, 3.8) is 0 Å². The first kappa shape index (κ1) is 12.6. The fourth-order valence-electron chi connectivity index (χ4n) is 1.14. The summed E-state index contributed by atoms with van der Waals surface area (Å²) >= 11 is -0.798. The molecule has 4 atom stereocenters. The molecule has 0 aromatic rings. The molecule has 0 aliphatic carbocycles. The molecule has 4 N–H and O–H groups in total. The second-order valence-corrected chi connectivity index (χ2v) is 4.68. The van der Waals surface area contributed by atoms with E-state index >= 15 is 0 Å². The van der Waals surface area contributed by atoms with Crippen molar-refractivity contribution in [1.29, 1.82) is 0 Å². The van der Waals surface area contributed by atoms with E-state index in [4.69, 9.17) is 20.4 Å². The molecule has 1 aliphatic rings. The average molecular weight is 204 g/mol. The summed E-state index contributed by atoms with van der Waals surface area (Å²) in [6.45, 7) is 0. The van der Waals surface area contributed by atoms with E-state index in [1.165, 1.54) is 0 Å². The summed E-state index contributed by atoms with van der Waals surface area (Å²) in [5.41, 5.74) is 0. The Hall–Kier alpha value is 1.63. The molecule has 62 valence electrons. The molecule has 1 fully saturated rings. The Morgan fingerprint density at radius 3 is 2.00 bits per heavy atom. The summed E-state index contributed by atoms with van der Waals surface area (Å²) in [6.07, 6.45) is -3.11. The van der Waals surface area contributed by atoms with Crippen molar-refractivity contribution in [3.8, 4) is 0 Å². The van der Waals surface area contributed by atoms with Gasteiger partial charge in [0, 0.05) is 4.97 Å². The van der Waals surface area contributed by atoms with E-state index in [1.807, 2.05) is 0 Å². The van der Waals surface area contributed by atoms with Gasteiger partial charge < -0.3 is 20.4 Å². The van der Waals surface area contributed by atoms with Crippen LogP contribution in [0.2, 0.25) is 5.28 Å². The Morgan fingerprint density at radius 2 is 1.55 bits per heavy atom. The Bertz CT molecular complexity index is 111. The van der Waals surface area contributed by atoms with Gasteiger partial charge in [0.15, 0.2) is 0 Å². The molecule has 0 radical (unpaired) electrons. The van der Waals surface area contributed by atoms with Crippen molar-refractivity contribution in [3.05, 3.63) is 0 Å². The third-order valence-electron chi connectivity index (χ3n) is 1.90. The van der Waals surface area contributed by atoms with Gasteiger partial charge in [-0.3, -0.25) is 0 Å². The van der Waals surface area contributed by atoms with Gasteiger partial charge in [-0.05, 0) is 0 Å². The van der Waals surface area contributed by atoms with Crippen LogP contribution in [0.3, 0.4) is 0 Å². The van der Waals surface area contributed by atoms with Crippen molar-refractivity contribution in [2.24, 2.45) is 0 Å². The van der Waals surface area contributed by atoms with Crippen LogP contribution in [0.1, 0.15) is 0 Å². The SMILES string of the molecule is OC1[CH2][AlH][CH](O)C(O)C1O.[CaH2]. The van der Waals surface area contributed by atoms with Gasteiger partial charge in [-0.25, -0.2) is 0 Å². The molecule has 0 amide bonds. The van der Waals surface area contributed by atoms with Crippen molar-refractivity contribution in [2.75, 3.05) is 0 Å². The number of aliphatic hydroxyl groups excluding tert-OH is 4. The minimum absolute atomic E-state index is 0. The molecule has 6 heteroatoms. The molecule has 1 saturated heterocycles. The first-order valence-corrected chi connectivity index (χ1v) is 5.17. The van der Waals surface area contributed by atoms with Crippen LogP contribution < -0.4 is 0 Å². The van der Waals surface area contributed by atoms with Gasteiger partial charge in [0.2, 0.25) is 0 Å². The van der Waals surface area contributed by atoms with Crippen LogP contribution in [-0.4, -0.2) is 96.7 Å². The third-order valence-corrected chi connectivity index (χ3v) is 3.90. The maximum absolute atomic E-state index is 9.01. The summed E-state index contributed by atoms with van der Waals surface area (Å²) in [4.78, 5) is -0.751. The van der Waals surface area contributed by atoms with E-state index in [0.717, 1.165) is 0 Å². The summed E-state index contributed by atoms with van der Waals surface area (Å²) in [5.74, 6) is 0. The number of hydrogen-bond donors (Lipinski definition) is 4. The van der Waals surface area contributed by atoms with E-state index in [2.05, 4.69) is 0 Å². The number of aliphatic hydroxyl groups is 4. The first-order valence-electron chi connectivity index (χ1n) is 3.35. The fourth-order valence-corrected chi connectivity index (χ4v) is 2.78.